The van der Waals surface area contributed by atoms with E-state index < -0.39 is 0 Å². The Morgan fingerprint density at radius 2 is 1.67 bits per heavy atom. The van der Waals surface area contributed by atoms with Crippen LogP contribution >= 0.6 is 0 Å². The minimum atomic E-state index is 0.714. The molecule has 1 aliphatic rings. The van der Waals surface area contributed by atoms with Crippen molar-refractivity contribution in [2.24, 2.45) is 0 Å². The molecule has 0 aliphatic carbocycles. The van der Waals surface area contributed by atoms with Gasteiger partial charge < -0.3 is 5.32 Å². The number of nitrogens with one attached hydrogen (secondary N) is 1. The van der Waals surface area contributed by atoms with Gasteiger partial charge in [0.25, 0.3) is 0 Å². The van der Waals surface area contributed by atoms with Gasteiger partial charge in [-0.1, -0.05) is 32.8 Å². The van der Waals surface area contributed by atoms with Gasteiger partial charge in [-0.15, -0.1) is 0 Å². The predicted octanol–water partition coefficient (Wildman–Crippen LogP) is 5.21. The van der Waals surface area contributed by atoms with Crippen LogP contribution in [0.4, 0.5) is 11.6 Å². The maximum Gasteiger partial charge on any atom is 0.227 e. The minimum Gasteiger partial charge on any atom is -0.324 e. The van der Waals surface area contributed by atoms with Crippen molar-refractivity contribution in [3.05, 3.63) is 46.8 Å². The Labute approximate surface area is 164 Å². The molecule has 0 bridgehead atoms. The molecule has 1 aromatic carbocycles. The van der Waals surface area contributed by atoms with E-state index in [1.807, 2.05) is 6.20 Å². The van der Waals surface area contributed by atoms with E-state index >= 15 is 0 Å². The highest BCUT2D eigenvalue weighted by Gasteiger charge is 2.21. The summed E-state index contributed by atoms with van der Waals surface area (Å²) in [7, 11) is 0. The third-order valence-corrected chi connectivity index (χ3v) is 5.50. The number of anilines is 2. The number of hydrogen-bond donors (Lipinski definition) is 1. The van der Waals surface area contributed by atoms with Crippen molar-refractivity contribution in [3.63, 3.8) is 0 Å². The molecule has 4 heteroatoms. The van der Waals surface area contributed by atoms with Gasteiger partial charge in [0, 0.05) is 37.4 Å². The highest BCUT2D eigenvalue weighted by atomic mass is 15.2. The molecule has 27 heavy (non-hydrogen) atoms. The number of hydrogen-bond acceptors (Lipinski definition) is 4. The summed E-state index contributed by atoms with van der Waals surface area (Å²) in [6, 6.07) is 7.18. The molecule has 0 saturated carbocycles. The van der Waals surface area contributed by atoms with Gasteiger partial charge in [-0.3, -0.25) is 4.90 Å². The van der Waals surface area contributed by atoms with E-state index in [-0.39, 0.29) is 0 Å². The summed E-state index contributed by atoms with van der Waals surface area (Å²) in [6.07, 6.45) is 9.23. The average Bonchev–Trinajstić information content (AvgIpc) is 2.83. The molecule has 1 aromatic heterocycles. The highest BCUT2D eigenvalue weighted by Crippen LogP contribution is 2.22. The van der Waals surface area contributed by atoms with Crippen LogP contribution in [-0.4, -0.2) is 34.0 Å². The van der Waals surface area contributed by atoms with Crippen molar-refractivity contribution in [1.29, 1.82) is 0 Å². The summed E-state index contributed by atoms with van der Waals surface area (Å²) in [5.41, 5.74) is 6.09. The maximum absolute atomic E-state index is 4.86. The lowest BCUT2D eigenvalue weighted by molar-refractivity contribution is 0.183. The molecule has 2 aromatic rings. The molecule has 0 fully saturated rings. The van der Waals surface area contributed by atoms with E-state index in [0.29, 0.717) is 5.95 Å². The standard InChI is InChI=1S/C23H34N4/c1-5-7-21(8-6-2)27-11-9-19-16-24-23(26-22(19)10-12-27)25-20-14-17(3)13-18(4)15-20/h13-16,21H,5-12H2,1-4H3,(H,24,25,26). The summed E-state index contributed by atoms with van der Waals surface area (Å²) in [5, 5.41) is 3.39. The first-order valence-corrected chi connectivity index (χ1v) is 10.5. The third kappa shape index (κ3) is 5.29. The Bertz CT molecular complexity index is 730. The first-order valence-electron chi connectivity index (χ1n) is 10.5. The molecule has 3 rings (SSSR count). The fraction of sp³-hybridized carbons (Fsp3) is 0.565. The molecule has 146 valence electrons. The molecule has 2 heterocycles. The van der Waals surface area contributed by atoms with Crippen molar-refractivity contribution in [3.8, 4) is 0 Å². The largest absolute Gasteiger partial charge is 0.324 e. The zero-order valence-electron chi connectivity index (χ0n) is 17.4. The van der Waals surface area contributed by atoms with E-state index in [0.717, 1.165) is 37.7 Å². The van der Waals surface area contributed by atoms with Crippen molar-refractivity contribution < 1.29 is 0 Å². The van der Waals surface area contributed by atoms with Gasteiger partial charge in [-0.05, 0) is 61.9 Å². The van der Waals surface area contributed by atoms with Crippen molar-refractivity contribution in [1.82, 2.24) is 14.9 Å². The monoisotopic (exact) mass is 366 g/mol. The van der Waals surface area contributed by atoms with Crippen LogP contribution in [-0.2, 0) is 12.8 Å². The van der Waals surface area contributed by atoms with Crippen molar-refractivity contribution >= 4 is 11.6 Å². The fourth-order valence-corrected chi connectivity index (χ4v) is 4.27. The number of aromatic nitrogens is 2. The number of nitrogens with zero attached hydrogens (tertiary/aromatic N) is 3. The second-order valence-electron chi connectivity index (χ2n) is 7.93. The normalized spacial score (nSPS) is 14.9. The maximum atomic E-state index is 4.86. The number of aryl methyl sites for hydroxylation is 2. The summed E-state index contributed by atoms with van der Waals surface area (Å²) < 4.78 is 0. The van der Waals surface area contributed by atoms with Crippen LogP contribution in [0.3, 0.4) is 0 Å². The smallest absolute Gasteiger partial charge is 0.227 e. The Morgan fingerprint density at radius 3 is 2.33 bits per heavy atom. The summed E-state index contributed by atoms with van der Waals surface area (Å²) in [5.74, 6) is 0.714. The first kappa shape index (κ1) is 19.8. The van der Waals surface area contributed by atoms with Crippen molar-refractivity contribution in [2.45, 2.75) is 72.3 Å². The molecule has 0 atom stereocenters. The van der Waals surface area contributed by atoms with Crippen LogP contribution < -0.4 is 5.32 Å². The SMILES string of the molecule is CCCC(CCC)N1CCc2cnc(Nc3cc(C)cc(C)c3)nc2CC1. The van der Waals surface area contributed by atoms with Gasteiger partial charge in [0.2, 0.25) is 5.95 Å². The summed E-state index contributed by atoms with van der Waals surface area (Å²) in [4.78, 5) is 12.1. The Hall–Kier alpha value is -1.94. The van der Waals surface area contributed by atoms with Crippen LogP contribution in [0.25, 0.3) is 0 Å². The highest BCUT2D eigenvalue weighted by molar-refractivity contribution is 5.56. The van der Waals surface area contributed by atoms with E-state index in [9.17, 15) is 0 Å². The van der Waals surface area contributed by atoms with E-state index in [4.69, 9.17) is 4.98 Å². The van der Waals surface area contributed by atoms with Gasteiger partial charge in [-0.2, -0.15) is 0 Å². The molecule has 4 nitrogen and oxygen atoms in total. The van der Waals surface area contributed by atoms with Crippen LogP contribution in [0.2, 0.25) is 0 Å². The Morgan fingerprint density at radius 1 is 1.00 bits per heavy atom. The summed E-state index contributed by atoms with van der Waals surface area (Å²) >= 11 is 0. The van der Waals surface area contributed by atoms with Gasteiger partial charge >= 0.3 is 0 Å². The van der Waals surface area contributed by atoms with E-state index in [2.05, 4.69) is 61.1 Å². The zero-order valence-corrected chi connectivity index (χ0v) is 17.4. The number of fused-ring (bicyclic) bond motifs is 1. The molecule has 0 unspecified atom stereocenters. The van der Waals surface area contributed by atoms with Crippen LogP contribution in [0.5, 0.6) is 0 Å². The molecule has 1 N–H and O–H groups in total. The average molecular weight is 367 g/mol. The first-order chi connectivity index (χ1) is 13.1. The lowest BCUT2D eigenvalue weighted by Gasteiger charge is -2.30. The zero-order chi connectivity index (χ0) is 19.2. The number of benzene rings is 1. The molecular formula is C23H34N4. The van der Waals surface area contributed by atoms with Crippen LogP contribution in [0, 0.1) is 13.8 Å². The lowest BCUT2D eigenvalue weighted by atomic mass is 10.0. The van der Waals surface area contributed by atoms with Gasteiger partial charge in [0.05, 0.1) is 5.69 Å². The fourth-order valence-electron chi connectivity index (χ4n) is 4.27. The van der Waals surface area contributed by atoms with Gasteiger partial charge in [0.15, 0.2) is 0 Å². The molecule has 0 amide bonds. The molecule has 0 spiro atoms. The minimum absolute atomic E-state index is 0.714. The molecular weight excluding hydrogens is 332 g/mol. The number of rotatable bonds is 7. The van der Waals surface area contributed by atoms with Crippen LogP contribution in [0.1, 0.15) is 61.9 Å². The second-order valence-corrected chi connectivity index (χ2v) is 7.93. The third-order valence-electron chi connectivity index (χ3n) is 5.50. The van der Waals surface area contributed by atoms with E-state index in [1.54, 1.807) is 0 Å². The van der Waals surface area contributed by atoms with E-state index in [1.165, 1.54) is 48.1 Å². The van der Waals surface area contributed by atoms with Crippen molar-refractivity contribution in [2.75, 3.05) is 18.4 Å². The predicted molar refractivity (Wildman–Crippen MR) is 114 cm³/mol. The Balaban J connectivity index is 1.72. The topological polar surface area (TPSA) is 41.1 Å². The van der Waals surface area contributed by atoms with Gasteiger partial charge in [-0.25, -0.2) is 9.97 Å². The Kier molecular flexibility index (Phi) is 6.84. The molecule has 0 saturated heterocycles. The summed E-state index contributed by atoms with van der Waals surface area (Å²) in [6.45, 7) is 11.1. The lowest BCUT2D eigenvalue weighted by Crippen LogP contribution is -2.37. The quantitative estimate of drug-likeness (QED) is 0.730. The van der Waals surface area contributed by atoms with Crippen LogP contribution in [0.15, 0.2) is 24.4 Å². The molecule has 1 aliphatic heterocycles. The second kappa shape index (κ2) is 9.32. The van der Waals surface area contributed by atoms with Gasteiger partial charge in [0.1, 0.15) is 0 Å². The molecule has 0 radical (unpaired) electrons.